The molecule has 1 heterocycles. The molecule has 1 saturated heterocycles. The van der Waals surface area contributed by atoms with E-state index < -0.39 is 5.60 Å². The molecule has 0 aliphatic carbocycles. The van der Waals surface area contributed by atoms with Crippen LogP contribution in [0.25, 0.3) is 0 Å². The molecule has 0 spiro atoms. The molecule has 3 aromatic carbocycles. The van der Waals surface area contributed by atoms with E-state index in [1.807, 2.05) is 24.3 Å². The molecule has 4 heteroatoms. The van der Waals surface area contributed by atoms with E-state index in [1.54, 1.807) is 0 Å². The number of halogens is 1. The third kappa shape index (κ3) is 7.15. The molecule has 0 bridgehead atoms. The van der Waals surface area contributed by atoms with Gasteiger partial charge in [0.2, 0.25) is 0 Å². The molecule has 1 fully saturated rings. The van der Waals surface area contributed by atoms with Crippen molar-refractivity contribution in [1.29, 1.82) is 0 Å². The SMILES string of the molecule is OC1(c2ccc(Cl)cc2)CCN(CCCN(CCc2ccccc2)Cc2ccccc2)CC1. The standard InChI is InChI=1S/C29H35ClN2O/c30-28-14-12-27(13-15-28)29(33)17-22-31(23-18-29)19-7-20-32(24-26-10-5-2-6-11-26)21-16-25-8-3-1-4-9-25/h1-6,8-15,33H,7,16-24H2. The lowest BCUT2D eigenvalue weighted by molar-refractivity contribution is -0.0264. The average Bonchev–Trinajstić information content (AvgIpc) is 2.85. The fourth-order valence-corrected chi connectivity index (χ4v) is 4.88. The highest BCUT2D eigenvalue weighted by Crippen LogP contribution is 2.33. The van der Waals surface area contributed by atoms with Gasteiger partial charge in [-0.2, -0.15) is 0 Å². The Morgan fingerprint density at radius 1 is 0.788 bits per heavy atom. The Morgan fingerprint density at radius 3 is 2.03 bits per heavy atom. The summed E-state index contributed by atoms with van der Waals surface area (Å²) >= 11 is 6.02. The highest BCUT2D eigenvalue weighted by molar-refractivity contribution is 6.30. The molecular formula is C29H35ClN2O. The number of benzene rings is 3. The second-order valence-corrected chi connectivity index (χ2v) is 9.67. The lowest BCUT2D eigenvalue weighted by Gasteiger charge is -2.38. The lowest BCUT2D eigenvalue weighted by Crippen LogP contribution is -2.43. The zero-order valence-electron chi connectivity index (χ0n) is 19.4. The first kappa shape index (κ1) is 24.0. The van der Waals surface area contributed by atoms with Gasteiger partial charge in [0.1, 0.15) is 0 Å². The van der Waals surface area contributed by atoms with E-state index in [9.17, 15) is 5.11 Å². The number of rotatable bonds is 10. The molecule has 0 unspecified atom stereocenters. The topological polar surface area (TPSA) is 26.7 Å². The van der Waals surface area contributed by atoms with E-state index in [-0.39, 0.29) is 0 Å². The normalized spacial score (nSPS) is 16.2. The van der Waals surface area contributed by atoms with E-state index >= 15 is 0 Å². The molecule has 0 atom stereocenters. The van der Waals surface area contributed by atoms with Gasteiger partial charge in [0.05, 0.1) is 5.60 Å². The summed E-state index contributed by atoms with van der Waals surface area (Å²) in [7, 11) is 0. The first-order valence-corrected chi connectivity index (χ1v) is 12.5. The highest BCUT2D eigenvalue weighted by atomic mass is 35.5. The van der Waals surface area contributed by atoms with Crippen LogP contribution in [0.1, 0.15) is 36.0 Å². The predicted molar refractivity (Wildman–Crippen MR) is 138 cm³/mol. The Hall–Kier alpha value is -2.17. The summed E-state index contributed by atoms with van der Waals surface area (Å²) in [4.78, 5) is 5.08. The van der Waals surface area contributed by atoms with E-state index in [4.69, 9.17) is 11.6 Å². The van der Waals surface area contributed by atoms with Crippen LogP contribution < -0.4 is 0 Å². The Morgan fingerprint density at radius 2 is 1.39 bits per heavy atom. The van der Waals surface area contributed by atoms with Crippen molar-refractivity contribution in [2.75, 3.05) is 32.7 Å². The molecule has 0 radical (unpaired) electrons. The van der Waals surface area contributed by atoms with Gasteiger partial charge in [0.25, 0.3) is 0 Å². The van der Waals surface area contributed by atoms with Crippen LogP contribution in [0.3, 0.4) is 0 Å². The molecule has 1 aliphatic rings. The van der Waals surface area contributed by atoms with Crippen LogP contribution in [0.15, 0.2) is 84.9 Å². The monoisotopic (exact) mass is 462 g/mol. The van der Waals surface area contributed by atoms with Gasteiger partial charge in [0, 0.05) is 31.2 Å². The zero-order chi connectivity index (χ0) is 22.9. The quantitative estimate of drug-likeness (QED) is 0.415. The van der Waals surface area contributed by atoms with Gasteiger partial charge in [-0.05, 0) is 67.6 Å². The molecular weight excluding hydrogens is 428 g/mol. The number of hydrogen-bond acceptors (Lipinski definition) is 3. The molecule has 3 aromatic rings. The second-order valence-electron chi connectivity index (χ2n) is 9.23. The van der Waals surface area contributed by atoms with Crippen molar-refractivity contribution < 1.29 is 5.11 Å². The third-order valence-electron chi connectivity index (χ3n) is 6.82. The molecule has 0 amide bonds. The average molecular weight is 463 g/mol. The van der Waals surface area contributed by atoms with Crippen LogP contribution in [-0.4, -0.2) is 47.6 Å². The first-order valence-electron chi connectivity index (χ1n) is 12.1. The summed E-state index contributed by atoms with van der Waals surface area (Å²) in [6.07, 6.45) is 3.76. The van der Waals surface area contributed by atoms with E-state index in [0.29, 0.717) is 5.02 Å². The van der Waals surface area contributed by atoms with Crippen molar-refractivity contribution in [3.8, 4) is 0 Å². The fourth-order valence-electron chi connectivity index (χ4n) is 4.76. The van der Waals surface area contributed by atoms with Crippen LogP contribution in [0, 0.1) is 0 Å². The summed E-state index contributed by atoms with van der Waals surface area (Å²) in [5.74, 6) is 0. The van der Waals surface area contributed by atoms with Crippen molar-refractivity contribution in [3.05, 3.63) is 107 Å². The molecule has 3 nitrogen and oxygen atoms in total. The van der Waals surface area contributed by atoms with Gasteiger partial charge in [-0.15, -0.1) is 0 Å². The molecule has 4 rings (SSSR count). The summed E-state index contributed by atoms with van der Waals surface area (Å²) < 4.78 is 0. The summed E-state index contributed by atoms with van der Waals surface area (Å²) in [6.45, 7) is 6.08. The van der Waals surface area contributed by atoms with Crippen LogP contribution in [0.2, 0.25) is 5.02 Å². The maximum atomic E-state index is 11.1. The smallest absolute Gasteiger partial charge is 0.0920 e. The Labute approximate surface area is 203 Å². The summed E-state index contributed by atoms with van der Waals surface area (Å²) in [6, 6.07) is 29.2. The van der Waals surface area contributed by atoms with Crippen molar-refractivity contribution >= 4 is 11.6 Å². The van der Waals surface area contributed by atoms with Gasteiger partial charge in [0.15, 0.2) is 0 Å². The second kappa shape index (κ2) is 11.8. The summed E-state index contributed by atoms with van der Waals surface area (Å²) in [5, 5.41) is 11.8. The van der Waals surface area contributed by atoms with E-state index in [0.717, 1.165) is 70.5 Å². The summed E-state index contributed by atoms with van der Waals surface area (Å²) in [5.41, 5.74) is 3.03. The maximum Gasteiger partial charge on any atom is 0.0920 e. The molecule has 33 heavy (non-hydrogen) atoms. The number of piperidine rings is 1. The van der Waals surface area contributed by atoms with Gasteiger partial charge >= 0.3 is 0 Å². The van der Waals surface area contributed by atoms with Gasteiger partial charge < -0.3 is 10.0 Å². The van der Waals surface area contributed by atoms with Crippen LogP contribution in [-0.2, 0) is 18.6 Å². The Balaban J connectivity index is 1.26. The largest absolute Gasteiger partial charge is 0.385 e. The van der Waals surface area contributed by atoms with Crippen molar-refractivity contribution in [3.63, 3.8) is 0 Å². The van der Waals surface area contributed by atoms with Gasteiger partial charge in [-0.1, -0.05) is 84.4 Å². The number of hydrogen-bond donors (Lipinski definition) is 1. The molecule has 0 aromatic heterocycles. The van der Waals surface area contributed by atoms with Crippen LogP contribution in [0.4, 0.5) is 0 Å². The van der Waals surface area contributed by atoms with Crippen molar-refractivity contribution in [2.24, 2.45) is 0 Å². The Bertz CT molecular complexity index is 954. The van der Waals surface area contributed by atoms with Crippen LogP contribution in [0.5, 0.6) is 0 Å². The maximum absolute atomic E-state index is 11.1. The van der Waals surface area contributed by atoms with Gasteiger partial charge in [-0.25, -0.2) is 0 Å². The molecule has 1 N–H and O–H groups in total. The number of aliphatic hydroxyl groups is 1. The van der Waals surface area contributed by atoms with Gasteiger partial charge in [-0.3, -0.25) is 4.90 Å². The minimum Gasteiger partial charge on any atom is -0.385 e. The number of nitrogens with zero attached hydrogens (tertiary/aromatic N) is 2. The fraction of sp³-hybridized carbons (Fsp3) is 0.379. The third-order valence-corrected chi connectivity index (χ3v) is 7.07. The zero-order valence-corrected chi connectivity index (χ0v) is 20.1. The lowest BCUT2D eigenvalue weighted by atomic mass is 9.84. The van der Waals surface area contributed by atoms with Crippen LogP contribution >= 0.6 is 11.6 Å². The predicted octanol–water partition coefficient (Wildman–Crippen LogP) is 5.76. The van der Waals surface area contributed by atoms with Crippen molar-refractivity contribution in [1.82, 2.24) is 9.80 Å². The highest BCUT2D eigenvalue weighted by Gasteiger charge is 2.33. The van der Waals surface area contributed by atoms with Crippen molar-refractivity contribution in [2.45, 2.75) is 37.8 Å². The molecule has 0 saturated carbocycles. The minimum absolute atomic E-state index is 0.715. The van der Waals surface area contributed by atoms with E-state index in [1.165, 1.54) is 11.1 Å². The van der Waals surface area contributed by atoms with E-state index in [2.05, 4.69) is 70.5 Å². The Kier molecular flexibility index (Phi) is 8.57. The number of likely N-dealkylation sites (tertiary alicyclic amines) is 1. The molecule has 174 valence electrons. The minimum atomic E-state index is -0.726. The molecule has 1 aliphatic heterocycles. The first-order chi connectivity index (χ1) is 16.1.